The van der Waals surface area contributed by atoms with Crippen LogP contribution in [0.4, 0.5) is 5.69 Å². The van der Waals surface area contributed by atoms with Crippen molar-refractivity contribution in [1.82, 2.24) is 10.2 Å². The van der Waals surface area contributed by atoms with E-state index in [-0.39, 0.29) is 11.8 Å². The highest BCUT2D eigenvalue weighted by molar-refractivity contribution is 7.98. The molecule has 5 nitrogen and oxygen atoms in total. The third-order valence-corrected chi connectivity index (χ3v) is 5.41. The molecule has 0 atom stereocenters. The molecule has 31 heavy (non-hydrogen) atoms. The Kier molecular flexibility index (Phi) is 7.87. The predicted molar refractivity (Wildman–Crippen MR) is 128 cm³/mol. The second-order valence-electron chi connectivity index (χ2n) is 7.50. The van der Waals surface area contributed by atoms with Crippen molar-refractivity contribution in [3.63, 3.8) is 0 Å². The summed E-state index contributed by atoms with van der Waals surface area (Å²) in [6.07, 6.45) is 1.98. The molecule has 0 spiro atoms. The van der Waals surface area contributed by atoms with Gasteiger partial charge in [0, 0.05) is 34.8 Å². The van der Waals surface area contributed by atoms with Crippen LogP contribution in [0.2, 0.25) is 0 Å². The van der Waals surface area contributed by atoms with Gasteiger partial charge in [0.2, 0.25) is 0 Å². The smallest absolute Gasteiger partial charge is 0.255 e. The van der Waals surface area contributed by atoms with E-state index in [1.807, 2.05) is 74.9 Å². The first-order chi connectivity index (χ1) is 14.9. The minimum absolute atomic E-state index is 0.136. The Hall–Kier alpha value is -3.09. The molecule has 3 aromatic carbocycles. The monoisotopic (exact) mass is 433 g/mol. The molecule has 0 bridgehead atoms. The number of thioether (sulfide) groups is 1. The van der Waals surface area contributed by atoms with Gasteiger partial charge in [-0.2, -0.15) is 0 Å². The summed E-state index contributed by atoms with van der Waals surface area (Å²) in [5.74, 6) is -0.315. The van der Waals surface area contributed by atoms with E-state index in [0.29, 0.717) is 17.7 Å². The lowest BCUT2D eigenvalue weighted by atomic mass is 10.1. The van der Waals surface area contributed by atoms with Crippen LogP contribution in [0.5, 0.6) is 0 Å². The Morgan fingerprint density at radius 1 is 0.839 bits per heavy atom. The molecular formula is C25H27N3O2S. The zero-order chi connectivity index (χ0) is 22.2. The summed E-state index contributed by atoms with van der Waals surface area (Å²) in [5, 5.41) is 5.85. The molecule has 0 aliphatic rings. The van der Waals surface area contributed by atoms with Gasteiger partial charge in [-0.25, -0.2) is 0 Å². The second-order valence-corrected chi connectivity index (χ2v) is 8.38. The third kappa shape index (κ3) is 6.70. The highest BCUT2D eigenvalue weighted by atomic mass is 32.2. The number of nitrogens with one attached hydrogen (secondary N) is 2. The Labute approximate surface area is 187 Å². The molecular weight excluding hydrogens is 406 g/mol. The molecule has 2 amide bonds. The molecule has 0 heterocycles. The van der Waals surface area contributed by atoms with E-state index in [1.165, 1.54) is 5.56 Å². The van der Waals surface area contributed by atoms with Crippen molar-refractivity contribution < 1.29 is 9.59 Å². The Bertz CT molecular complexity index is 1050. The second kappa shape index (κ2) is 10.8. The maximum absolute atomic E-state index is 12.7. The molecule has 0 saturated heterocycles. The molecule has 0 aliphatic heterocycles. The summed E-state index contributed by atoms with van der Waals surface area (Å²) >= 11 is 1.60. The number of rotatable bonds is 8. The number of anilines is 1. The number of nitrogens with zero attached hydrogens (tertiary/aromatic N) is 1. The van der Waals surface area contributed by atoms with Crippen LogP contribution >= 0.6 is 11.8 Å². The molecule has 3 rings (SSSR count). The van der Waals surface area contributed by atoms with Crippen molar-refractivity contribution in [3.05, 3.63) is 95.1 Å². The predicted octanol–water partition coefficient (Wildman–Crippen LogP) is 4.65. The van der Waals surface area contributed by atoms with Gasteiger partial charge in [-0.1, -0.05) is 30.3 Å². The van der Waals surface area contributed by atoms with Gasteiger partial charge in [0.1, 0.15) is 0 Å². The van der Waals surface area contributed by atoms with Crippen LogP contribution < -0.4 is 10.6 Å². The normalized spacial score (nSPS) is 10.7. The van der Waals surface area contributed by atoms with Gasteiger partial charge < -0.3 is 15.5 Å². The minimum atomic E-state index is -0.179. The van der Waals surface area contributed by atoms with Crippen molar-refractivity contribution in [2.75, 3.05) is 25.7 Å². The first-order valence-corrected chi connectivity index (χ1v) is 11.2. The summed E-state index contributed by atoms with van der Waals surface area (Å²) in [4.78, 5) is 28.2. The molecule has 0 aliphatic carbocycles. The number of benzene rings is 3. The van der Waals surface area contributed by atoms with Crippen molar-refractivity contribution >= 4 is 29.3 Å². The van der Waals surface area contributed by atoms with E-state index in [4.69, 9.17) is 0 Å². The third-order valence-electron chi connectivity index (χ3n) is 4.68. The van der Waals surface area contributed by atoms with Gasteiger partial charge >= 0.3 is 0 Å². The Morgan fingerprint density at radius 2 is 1.52 bits per heavy atom. The standard InChI is InChI=1S/C25H27N3O2S/c1-28(2)17-18-10-12-22(13-11-18)27-25(30)20-7-4-6-19(14-20)16-26-24(29)21-8-5-9-23(15-21)31-3/h4-15H,16-17H2,1-3H3,(H,26,29)(H,27,30). The largest absolute Gasteiger partial charge is 0.348 e. The van der Waals surface area contributed by atoms with Gasteiger partial charge in [0.05, 0.1) is 0 Å². The highest BCUT2D eigenvalue weighted by Crippen LogP contribution is 2.16. The molecule has 3 aromatic rings. The van der Waals surface area contributed by atoms with Gasteiger partial charge in [-0.3, -0.25) is 9.59 Å². The molecule has 0 unspecified atom stereocenters. The summed E-state index contributed by atoms with van der Waals surface area (Å²) in [6.45, 7) is 1.20. The summed E-state index contributed by atoms with van der Waals surface area (Å²) in [6, 6.07) is 22.6. The average molecular weight is 434 g/mol. The maximum atomic E-state index is 12.7. The van der Waals surface area contributed by atoms with Crippen molar-refractivity contribution in [1.29, 1.82) is 0 Å². The van der Waals surface area contributed by atoms with E-state index in [0.717, 1.165) is 22.7 Å². The number of hydrogen-bond donors (Lipinski definition) is 2. The highest BCUT2D eigenvalue weighted by Gasteiger charge is 2.09. The van der Waals surface area contributed by atoms with E-state index >= 15 is 0 Å². The minimum Gasteiger partial charge on any atom is -0.348 e. The van der Waals surface area contributed by atoms with Gasteiger partial charge in [-0.05, 0) is 73.9 Å². The Balaban J connectivity index is 1.60. The molecule has 0 aromatic heterocycles. The fourth-order valence-corrected chi connectivity index (χ4v) is 3.59. The van der Waals surface area contributed by atoms with E-state index in [2.05, 4.69) is 15.5 Å². The summed E-state index contributed by atoms with van der Waals surface area (Å²) < 4.78 is 0. The quantitative estimate of drug-likeness (QED) is 0.508. The molecule has 6 heteroatoms. The van der Waals surface area contributed by atoms with Crippen LogP contribution in [0.25, 0.3) is 0 Å². The van der Waals surface area contributed by atoms with E-state index in [9.17, 15) is 9.59 Å². The number of carbonyl (C=O) groups excluding carboxylic acids is 2. The van der Waals surface area contributed by atoms with Crippen LogP contribution in [0, 0.1) is 0 Å². The van der Waals surface area contributed by atoms with Gasteiger partial charge in [0.15, 0.2) is 0 Å². The topological polar surface area (TPSA) is 61.4 Å². The molecule has 0 radical (unpaired) electrons. The molecule has 0 saturated carbocycles. The van der Waals surface area contributed by atoms with Crippen molar-refractivity contribution in [2.24, 2.45) is 0 Å². The van der Waals surface area contributed by atoms with Crippen molar-refractivity contribution in [2.45, 2.75) is 18.0 Å². The Morgan fingerprint density at radius 3 is 2.19 bits per heavy atom. The maximum Gasteiger partial charge on any atom is 0.255 e. The van der Waals surface area contributed by atoms with Gasteiger partial charge in [-0.15, -0.1) is 11.8 Å². The number of amides is 2. The molecule has 160 valence electrons. The fraction of sp³-hybridized carbons (Fsp3) is 0.200. The average Bonchev–Trinajstić information content (AvgIpc) is 2.78. The summed E-state index contributed by atoms with van der Waals surface area (Å²) in [7, 11) is 4.04. The van der Waals surface area contributed by atoms with Crippen LogP contribution in [-0.4, -0.2) is 37.1 Å². The lowest BCUT2D eigenvalue weighted by Gasteiger charge is -2.11. The lowest BCUT2D eigenvalue weighted by Crippen LogP contribution is -2.23. The first kappa shape index (κ1) is 22.6. The lowest BCUT2D eigenvalue weighted by molar-refractivity contribution is 0.0950. The van der Waals surface area contributed by atoms with Crippen LogP contribution in [0.15, 0.2) is 77.7 Å². The first-order valence-electron chi connectivity index (χ1n) is 10.0. The van der Waals surface area contributed by atoms with Crippen molar-refractivity contribution in [3.8, 4) is 0 Å². The zero-order valence-electron chi connectivity index (χ0n) is 18.0. The molecule has 2 N–H and O–H groups in total. The SMILES string of the molecule is CSc1cccc(C(=O)NCc2cccc(C(=O)Nc3ccc(CN(C)C)cc3)c2)c1. The van der Waals surface area contributed by atoms with Crippen LogP contribution in [0.3, 0.4) is 0 Å². The van der Waals surface area contributed by atoms with E-state index in [1.54, 1.807) is 30.0 Å². The van der Waals surface area contributed by atoms with E-state index < -0.39 is 0 Å². The van der Waals surface area contributed by atoms with Crippen LogP contribution in [0.1, 0.15) is 31.8 Å². The van der Waals surface area contributed by atoms with Gasteiger partial charge in [0.25, 0.3) is 11.8 Å². The zero-order valence-corrected chi connectivity index (χ0v) is 18.8. The van der Waals surface area contributed by atoms with Crippen LogP contribution in [-0.2, 0) is 13.1 Å². The number of hydrogen-bond acceptors (Lipinski definition) is 4. The molecule has 0 fully saturated rings. The summed E-state index contributed by atoms with van der Waals surface area (Å²) in [5.41, 5.74) is 3.97. The number of carbonyl (C=O) groups is 2. The fourth-order valence-electron chi connectivity index (χ4n) is 3.13.